The number of piperidine rings is 1. The molecule has 2 fully saturated rings. The van der Waals surface area contributed by atoms with E-state index in [0.717, 1.165) is 67.4 Å². The smallest absolute Gasteiger partial charge is 0.337 e. The molecular formula is C30H43N3O4. The highest BCUT2D eigenvalue weighted by Crippen LogP contribution is 2.43. The van der Waals surface area contributed by atoms with Gasteiger partial charge in [0.05, 0.1) is 29.3 Å². The van der Waals surface area contributed by atoms with Gasteiger partial charge in [-0.1, -0.05) is 27.2 Å². The van der Waals surface area contributed by atoms with Crippen molar-refractivity contribution in [3.63, 3.8) is 0 Å². The summed E-state index contributed by atoms with van der Waals surface area (Å²) in [4.78, 5) is 24.2. The molecule has 1 saturated carbocycles. The number of aryl methyl sites for hydroxylation is 1. The minimum Gasteiger partial charge on any atom is -0.489 e. The van der Waals surface area contributed by atoms with Crippen molar-refractivity contribution in [2.45, 2.75) is 98.4 Å². The fourth-order valence-corrected chi connectivity index (χ4v) is 5.28. The lowest BCUT2D eigenvalue weighted by molar-refractivity contribution is -0.160. The number of pyridine rings is 2. The van der Waals surface area contributed by atoms with E-state index in [2.05, 4.69) is 30.7 Å². The van der Waals surface area contributed by atoms with Crippen LogP contribution in [0.1, 0.15) is 91.0 Å². The van der Waals surface area contributed by atoms with E-state index in [1.807, 2.05) is 46.0 Å². The summed E-state index contributed by atoms with van der Waals surface area (Å²) in [5.74, 6) is 0.520. The number of anilines is 1. The first kappa shape index (κ1) is 27.4. The van der Waals surface area contributed by atoms with Gasteiger partial charge >= 0.3 is 5.97 Å². The molecule has 7 heteroatoms. The molecule has 1 atom stereocenters. The summed E-state index contributed by atoms with van der Waals surface area (Å²) in [7, 11) is 0. The molecule has 0 aromatic carbocycles. The summed E-state index contributed by atoms with van der Waals surface area (Å²) in [6.07, 6.45) is 8.17. The molecule has 1 saturated heterocycles. The maximum absolute atomic E-state index is 12.5. The van der Waals surface area contributed by atoms with Crippen molar-refractivity contribution >= 4 is 11.7 Å². The predicted molar refractivity (Wildman–Crippen MR) is 146 cm³/mol. The normalized spacial score (nSPS) is 22.3. The Morgan fingerprint density at radius 1 is 1.16 bits per heavy atom. The first-order valence-electron chi connectivity index (χ1n) is 13.6. The van der Waals surface area contributed by atoms with E-state index in [-0.39, 0.29) is 11.5 Å². The predicted octanol–water partition coefficient (Wildman–Crippen LogP) is 6.59. The zero-order valence-corrected chi connectivity index (χ0v) is 23.5. The minimum absolute atomic E-state index is 0.253. The van der Waals surface area contributed by atoms with Crippen LogP contribution in [0.2, 0.25) is 0 Å². The Balaban J connectivity index is 1.74. The number of carboxylic acid groups (broad SMARTS) is 1. The molecule has 1 N–H and O–H groups in total. The fourth-order valence-electron chi connectivity index (χ4n) is 5.28. The molecule has 0 radical (unpaired) electrons. The summed E-state index contributed by atoms with van der Waals surface area (Å²) in [5.41, 5.74) is 3.33. The van der Waals surface area contributed by atoms with E-state index in [1.165, 1.54) is 6.42 Å². The molecule has 0 spiro atoms. The standard InChI is InChI=1S/C30H43N3O4/c1-8-20-15-22(16-20)36-21-9-10-24(32-17-21)23-18-31-19(2)25(27(28(34)35)37-29(3,4)5)26(23)33-13-11-30(6,7)12-14-33/h9-10,17-18,20,22,27H,8,11-16H2,1-7H3,(H,34,35)/t20?,22?,27-/m0/s1. The van der Waals surface area contributed by atoms with Crippen molar-refractivity contribution in [3.8, 4) is 17.0 Å². The van der Waals surface area contributed by atoms with Crippen LogP contribution in [0.15, 0.2) is 24.5 Å². The molecule has 7 nitrogen and oxygen atoms in total. The number of hydrogen-bond donors (Lipinski definition) is 1. The largest absolute Gasteiger partial charge is 0.489 e. The topological polar surface area (TPSA) is 84.8 Å². The lowest BCUT2D eigenvalue weighted by atomic mass is 9.80. The van der Waals surface area contributed by atoms with Crippen LogP contribution in [-0.4, -0.2) is 45.8 Å². The van der Waals surface area contributed by atoms with Crippen molar-refractivity contribution in [1.29, 1.82) is 0 Å². The van der Waals surface area contributed by atoms with Gasteiger partial charge in [-0.25, -0.2) is 4.79 Å². The molecular weight excluding hydrogens is 466 g/mol. The Hall–Kier alpha value is -2.67. The maximum Gasteiger partial charge on any atom is 0.337 e. The van der Waals surface area contributed by atoms with Gasteiger partial charge in [0.25, 0.3) is 0 Å². The van der Waals surface area contributed by atoms with Crippen LogP contribution >= 0.6 is 0 Å². The van der Waals surface area contributed by atoms with Gasteiger partial charge in [0, 0.05) is 36.1 Å². The number of hydrogen-bond acceptors (Lipinski definition) is 6. The molecule has 1 aliphatic carbocycles. The highest BCUT2D eigenvalue weighted by Gasteiger charge is 2.36. The molecule has 2 aliphatic rings. The van der Waals surface area contributed by atoms with Gasteiger partial charge in [0.1, 0.15) is 5.75 Å². The Kier molecular flexibility index (Phi) is 7.84. The van der Waals surface area contributed by atoms with Gasteiger partial charge in [0.2, 0.25) is 0 Å². The molecule has 3 heterocycles. The van der Waals surface area contributed by atoms with Gasteiger partial charge in [-0.3, -0.25) is 9.97 Å². The second-order valence-corrected chi connectivity index (χ2v) is 12.5. The minimum atomic E-state index is -1.13. The van der Waals surface area contributed by atoms with Gasteiger partial charge in [-0.2, -0.15) is 0 Å². The third kappa shape index (κ3) is 6.43. The lowest BCUT2D eigenvalue weighted by Crippen LogP contribution is -2.39. The number of carboxylic acids is 1. The van der Waals surface area contributed by atoms with E-state index < -0.39 is 17.7 Å². The summed E-state index contributed by atoms with van der Waals surface area (Å²) in [6.45, 7) is 16.0. The van der Waals surface area contributed by atoms with Crippen molar-refractivity contribution in [3.05, 3.63) is 35.8 Å². The second-order valence-electron chi connectivity index (χ2n) is 12.5. The van der Waals surface area contributed by atoms with Gasteiger partial charge in [-0.15, -0.1) is 0 Å². The van der Waals surface area contributed by atoms with Gasteiger partial charge < -0.3 is 19.5 Å². The molecule has 0 bridgehead atoms. The van der Waals surface area contributed by atoms with E-state index in [0.29, 0.717) is 11.3 Å². The summed E-state index contributed by atoms with van der Waals surface area (Å²) in [5, 5.41) is 10.3. The third-order valence-electron chi connectivity index (χ3n) is 7.76. The molecule has 2 aromatic heterocycles. The zero-order valence-electron chi connectivity index (χ0n) is 23.5. The Morgan fingerprint density at radius 2 is 1.84 bits per heavy atom. The average Bonchev–Trinajstić information content (AvgIpc) is 2.79. The van der Waals surface area contributed by atoms with Crippen molar-refractivity contribution in [2.24, 2.45) is 11.3 Å². The zero-order chi connectivity index (χ0) is 27.0. The monoisotopic (exact) mass is 509 g/mol. The first-order chi connectivity index (χ1) is 17.4. The molecule has 202 valence electrons. The Bertz CT molecular complexity index is 1090. The van der Waals surface area contributed by atoms with Crippen LogP contribution in [0.25, 0.3) is 11.3 Å². The summed E-state index contributed by atoms with van der Waals surface area (Å²) in [6, 6.07) is 3.92. The van der Waals surface area contributed by atoms with Crippen LogP contribution < -0.4 is 9.64 Å². The Labute approximate surface area is 221 Å². The lowest BCUT2D eigenvalue weighted by Gasteiger charge is -2.40. The van der Waals surface area contributed by atoms with Gasteiger partial charge in [-0.05, 0) is 76.8 Å². The van der Waals surface area contributed by atoms with E-state index in [4.69, 9.17) is 14.5 Å². The van der Waals surface area contributed by atoms with E-state index >= 15 is 0 Å². The highest BCUT2D eigenvalue weighted by molar-refractivity contribution is 5.85. The first-order valence-corrected chi connectivity index (χ1v) is 13.6. The number of aromatic nitrogens is 2. The molecule has 0 amide bonds. The summed E-state index contributed by atoms with van der Waals surface area (Å²) >= 11 is 0. The maximum atomic E-state index is 12.5. The molecule has 1 aliphatic heterocycles. The van der Waals surface area contributed by atoms with Crippen molar-refractivity contribution in [2.75, 3.05) is 18.0 Å². The fraction of sp³-hybridized carbons (Fsp3) is 0.633. The molecule has 0 unspecified atom stereocenters. The second kappa shape index (κ2) is 10.6. The SMILES string of the molecule is CCC1CC(Oc2ccc(-c3cnc(C)c([C@H](OC(C)(C)C)C(=O)O)c3N3CCC(C)(C)CC3)nc2)C1. The van der Waals surface area contributed by atoms with Crippen LogP contribution in [0.5, 0.6) is 5.75 Å². The highest BCUT2D eigenvalue weighted by atomic mass is 16.5. The summed E-state index contributed by atoms with van der Waals surface area (Å²) < 4.78 is 12.2. The number of ether oxygens (including phenoxy) is 2. The van der Waals surface area contributed by atoms with Crippen molar-refractivity contribution in [1.82, 2.24) is 9.97 Å². The number of nitrogens with zero attached hydrogens (tertiary/aromatic N) is 3. The van der Waals surface area contributed by atoms with Crippen LogP contribution in [-0.2, 0) is 9.53 Å². The number of rotatable bonds is 8. The quantitative estimate of drug-likeness (QED) is 0.430. The van der Waals surface area contributed by atoms with Crippen molar-refractivity contribution < 1.29 is 19.4 Å². The molecule has 37 heavy (non-hydrogen) atoms. The van der Waals surface area contributed by atoms with E-state index in [9.17, 15) is 9.90 Å². The number of carbonyl (C=O) groups is 1. The van der Waals surface area contributed by atoms with E-state index in [1.54, 1.807) is 6.20 Å². The average molecular weight is 510 g/mol. The number of aliphatic carboxylic acids is 1. The third-order valence-corrected chi connectivity index (χ3v) is 7.76. The van der Waals surface area contributed by atoms with Gasteiger partial charge in [0.15, 0.2) is 6.10 Å². The van der Waals surface area contributed by atoms with Crippen LogP contribution in [0, 0.1) is 18.3 Å². The Morgan fingerprint density at radius 3 is 2.38 bits per heavy atom. The van der Waals surface area contributed by atoms with Crippen LogP contribution in [0.3, 0.4) is 0 Å². The molecule has 4 rings (SSSR count). The molecule has 2 aromatic rings. The van der Waals surface area contributed by atoms with Crippen LogP contribution in [0.4, 0.5) is 5.69 Å².